The number of allylic oxidation sites excluding steroid dienone is 1. The highest BCUT2D eigenvalue weighted by Crippen LogP contribution is 2.64. The van der Waals surface area contributed by atoms with Crippen LogP contribution in [0.5, 0.6) is 0 Å². The van der Waals surface area contributed by atoms with E-state index >= 15 is 0 Å². The molecule has 2 aliphatic heterocycles. The van der Waals surface area contributed by atoms with Gasteiger partial charge in [-0.3, -0.25) is 0 Å². The molecule has 0 N–H and O–H groups in total. The Balaban J connectivity index is 1.45. The summed E-state index contributed by atoms with van der Waals surface area (Å²) in [4.78, 5) is 13.8. The summed E-state index contributed by atoms with van der Waals surface area (Å²) in [6, 6.07) is 10.4. The highest BCUT2D eigenvalue weighted by molar-refractivity contribution is 8.00. The van der Waals surface area contributed by atoms with E-state index in [9.17, 15) is 4.79 Å². The van der Waals surface area contributed by atoms with Gasteiger partial charge in [0.15, 0.2) is 5.79 Å². The Morgan fingerprint density at radius 2 is 1.88 bits per heavy atom. The number of ether oxygens (including phenoxy) is 3. The molecule has 4 aliphatic rings. The first-order chi connectivity index (χ1) is 16.1. The second-order valence-corrected chi connectivity index (χ2v) is 12.8. The molecule has 0 aromatic heterocycles. The van der Waals surface area contributed by atoms with Gasteiger partial charge >= 0.3 is 5.97 Å². The Hall–Kier alpha value is -1.56. The third-order valence-electron chi connectivity index (χ3n) is 9.04. The Labute approximate surface area is 208 Å². The predicted molar refractivity (Wildman–Crippen MR) is 135 cm³/mol. The molecule has 0 spiro atoms. The van der Waals surface area contributed by atoms with E-state index in [-0.39, 0.29) is 28.2 Å². The molecule has 1 aromatic rings. The molecule has 2 saturated carbocycles. The molecule has 2 heterocycles. The topological polar surface area (TPSA) is 44.8 Å². The zero-order valence-corrected chi connectivity index (χ0v) is 21.8. The van der Waals surface area contributed by atoms with Gasteiger partial charge in [-0.05, 0) is 81.4 Å². The molecule has 0 bridgehead atoms. The lowest BCUT2D eigenvalue weighted by atomic mass is 9.46. The van der Waals surface area contributed by atoms with Crippen LogP contribution in [0.15, 0.2) is 59.0 Å². The maximum atomic E-state index is 12.6. The van der Waals surface area contributed by atoms with Gasteiger partial charge in [-0.25, -0.2) is 4.79 Å². The second-order valence-electron chi connectivity index (χ2n) is 11.6. The number of carbonyl (C=O) groups is 1. The lowest BCUT2D eigenvalue weighted by Crippen LogP contribution is -2.63. The van der Waals surface area contributed by atoms with Crippen LogP contribution >= 0.6 is 11.8 Å². The number of esters is 1. The van der Waals surface area contributed by atoms with Crippen LogP contribution in [0, 0.1) is 22.7 Å². The number of hydrogen-bond donors (Lipinski definition) is 0. The molecule has 1 unspecified atom stereocenters. The average Bonchev–Trinajstić information content (AvgIpc) is 3.22. The van der Waals surface area contributed by atoms with Crippen molar-refractivity contribution in [2.45, 2.75) is 81.8 Å². The van der Waals surface area contributed by atoms with Gasteiger partial charge in [0, 0.05) is 21.1 Å². The Bertz CT molecular complexity index is 985. The molecule has 4 nitrogen and oxygen atoms in total. The van der Waals surface area contributed by atoms with Crippen molar-refractivity contribution in [2.75, 3.05) is 13.2 Å². The summed E-state index contributed by atoms with van der Waals surface area (Å²) in [7, 11) is 0. The van der Waals surface area contributed by atoms with E-state index in [2.05, 4.69) is 44.7 Å². The third kappa shape index (κ3) is 4.18. The second kappa shape index (κ2) is 8.83. The minimum absolute atomic E-state index is 0.00486. The third-order valence-corrected chi connectivity index (χ3v) is 10.3. The molecule has 6 atom stereocenters. The molecule has 0 amide bonds. The zero-order chi connectivity index (χ0) is 24.1. The van der Waals surface area contributed by atoms with Gasteiger partial charge < -0.3 is 14.2 Å². The molecular weight excluding hydrogens is 444 g/mol. The van der Waals surface area contributed by atoms with E-state index in [0.29, 0.717) is 18.4 Å². The SMILES string of the molecule is C=C1CC[C@@H]2[C@]3(C)COC(C)(C)O[C@@H]3CC[C@@]2(C)[C@@H]1CC(Sc1ccccc1)C1=CCOC1=O. The zero-order valence-electron chi connectivity index (χ0n) is 21.0. The van der Waals surface area contributed by atoms with Gasteiger partial charge in [0.25, 0.3) is 0 Å². The maximum Gasteiger partial charge on any atom is 0.335 e. The first-order valence-electron chi connectivity index (χ1n) is 12.7. The summed E-state index contributed by atoms with van der Waals surface area (Å²) in [5, 5.41) is 0.0537. The summed E-state index contributed by atoms with van der Waals surface area (Å²) in [5.41, 5.74) is 2.25. The van der Waals surface area contributed by atoms with Crippen LogP contribution in [0.4, 0.5) is 0 Å². The lowest BCUT2D eigenvalue weighted by Gasteiger charge is -2.63. The summed E-state index contributed by atoms with van der Waals surface area (Å²) < 4.78 is 18.0. The van der Waals surface area contributed by atoms with Crippen LogP contribution in [0.25, 0.3) is 0 Å². The quantitative estimate of drug-likeness (QED) is 0.270. The number of fused-ring (bicyclic) bond motifs is 3. The standard InChI is InChI=1S/C29H38O4S/c1-19-11-12-24-28(4,15-13-25-29(24,5)18-32-27(2,3)33-25)22(19)17-23(21-14-16-31-26(21)30)34-20-9-7-6-8-10-20/h6-10,14,22-25H,1,11-13,15-18H2,2-5H3/t22-,23?,24+,25-,28+,29+/m1/s1. The van der Waals surface area contributed by atoms with E-state index in [1.807, 2.05) is 26.0 Å². The van der Waals surface area contributed by atoms with Crippen molar-refractivity contribution in [3.05, 3.63) is 54.1 Å². The number of carbonyl (C=O) groups excluding carboxylic acids is 1. The number of hydrogen-bond acceptors (Lipinski definition) is 5. The van der Waals surface area contributed by atoms with Crippen LogP contribution in [0.2, 0.25) is 0 Å². The minimum atomic E-state index is -0.512. The van der Waals surface area contributed by atoms with Gasteiger partial charge in [-0.1, -0.05) is 44.2 Å². The number of thioether (sulfide) groups is 1. The van der Waals surface area contributed by atoms with Crippen molar-refractivity contribution < 1.29 is 19.0 Å². The molecule has 5 heteroatoms. The molecule has 0 radical (unpaired) electrons. The normalized spacial score (nSPS) is 37.9. The van der Waals surface area contributed by atoms with Crippen molar-refractivity contribution in [1.82, 2.24) is 0 Å². The Morgan fingerprint density at radius 1 is 1.12 bits per heavy atom. The molecule has 1 saturated heterocycles. The first-order valence-corrected chi connectivity index (χ1v) is 13.6. The van der Waals surface area contributed by atoms with Crippen molar-refractivity contribution >= 4 is 17.7 Å². The van der Waals surface area contributed by atoms with Gasteiger partial charge in [-0.15, -0.1) is 11.8 Å². The molecule has 5 rings (SSSR count). The summed E-state index contributed by atoms with van der Waals surface area (Å²) in [5.74, 6) is 0.165. The molecule has 2 aliphatic carbocycles. The fourth-order valence-corrected chi connectivity index (χ4v) is 8.50. The van der Waals surface area contributed by atoms with Crippen LogP contribution in [-0.4, -0.2) is 36.3 Å². The van der Waals surface area contributed by atoms with E-state index in [0.717, 1.165) is 44.3 Å². The van der Waals surface area contributed by atoms with Crippen molar-refractivity contribution in [1.29, 1.82) is 0 Å². The van der Waals surface area contributed by atoms with Crippen LogP contribution in [0.3, 0.4) is 0 Å². The average molecular weight is 483 g/mol. The summed E-state index contributed by atoms with van der Waals surface area (Å²) >= 11 is 1.79. The highest BCUT2D eigenvalue weighted by atomic mass is 32.2. The number of cyclic esters (lactones) is 1. The number of rotatable bonds is 5. The van der Waals surface area contributed by atoms with Crippen LogP contribution < -0.4 is 0 Å². The molecule has 1 aromatic carbocycles. The highest BCUT2D eigenvalue weighted by Gasteiger charge is 2.61. The molecular formula is C29H38O4S. The minimum Gasteiger partial charge on any atom is -0.458 e. The van der Waals surface area contributed by atoms with E-state index in [4.69, 9.17) is 14.2 Å². The monoisotopic (exact) mass is 482 g/mol. The van der Waals surface area contributed by atoms with Crippen LogP contribution in [-0.2, 0) is 19.0 Å². The predicted octanol–water partition coefficient (Wildman–Crippen LogP) is 6.56. The van der Waals surface area contributed by atoms with Crippen molar-refractivity contribution in [3.8, 4) is 0 Å². The summed E-state index contributed by atoms with van der Waals surface area (Å²) in [6.45, 7) is 14.6. The van der Waals surface area contributed by atoms with Gasteiger partial charge in [0.2, 0.25) is 0 Å². The number of benzene rings is 1. The largest absolute Gasteiger partial charge is 0.458 e. The van der Waals surface area contributed by atoms with Gasteiger partial charge in [0.1, 0.15) is 6.61 Å². The van der Waals surface area contributed by atoms with E-state index < -0.39 is 5.79 Å². The van der Waals surface area contributed by atoms with E-state index in [1.54, 1.807) is 11.8 Å². The molecule has 184 valence electrons. The van der Waals surface area contributed by atoms with Gasteiger partial charge in [-0.2, -0.15) is 0 Å². The lowest BCUT2D eigenvalue weighted by molar-refractivity contribution is -0.344. The summed E-state index contributed by atoms with van der Waals surface area (Å²) in [6.07, 6.45) is 7.43. The first kappa shape index (κ1) is 24.1. The van der Waals surface area contributed by atoms with Crippen molar-refractivity contribution in [2.24, 2.45) is 22.7 Å². The fourth-order valence-electron chi connectivity index (χ4n) is 7.25. The Kier molecular flexibility index (Phi) is 6.27. The van der Waals surface area contributed by atoms with Crippen molar-refractivity contribution in [3.63, 3.8) is 0 Å². The maximum absolute atomic E-state index is 12.6. The molecule has 34 heavy (non-hydrogen) atoms. The Morgan fingerprint density at radius 3 is 2.59 bits per heavy atom. The smallest absolute Gasteiger partial charge is 0.335 e. The van der Waals surface area contributed by atoms with E-state index in [1.165, 1.54) is 10.5 Å². The fraction of sp³-hybridized carbons (Fsp3) is 0.621. The molecule has 3 fully saturated rings. The van der Waals surface area contributed by atoms with Crippen LogP contribution in [0.1, 0.15) is 59.8 Å². The van der Waals surface area contributed by atoms with Gasteiger partial charge in [0.05, 0.1) is 12.7 Å².